The van der Waals surface area contributed by atoms with Crippen molar-refractivity contribution in [3.8, 4) is 0 Å². The van der Waals surface area contributed by atoms with Gasteiger partial charge in [-0.25, -0.2) is 9.59 Å². The normalized spacial score (nSPS) is 14.8. The molecular weight excluding hydrogens is 392 g/mol. The van der Waals surface area contributed by atoms with E-state index in [1.807, 2.05) is 30.3 Å². The number of anilines is 1. The maximum atomic E-state index is 12.6. The van der Waals surface area contributed by atoms with Crippen LogP contribution < -0.4 is 16.0 Å². The van der Waals surface area contributed by atoms with Gasteiger partial charge in [0.1, 0.15) is 5.52 Å². The summed E-state index contributed by atoms with van der Waals surface area (Å²) in [5.41, 5.74) is 3.26. The van der Waals surface area contributed by atoms with Crippen LogP contribution in [-0.4, -0.2) is 54.8 Å². The van der Waals surface area contributed by atoms with Crippen LogP contribution in [0.15, 0.2) is 57.7 Å². The molecule has 4 rings (SSSR count). The topological polar surface area (TPSA) is 70.7 Å². The first-order chi connectivity index (χ1) is 15.2. The standard InChI is InChI=1S/C24H30N4O3/c1-2-26-14-16-27(17-15-26)20-11-12-21-22(18-20)31-24(30)28(21)23(29)25-13-7-6-10-19-8-4-3-5-9-19/h3-5,8-9,11-12,18H,2,6-7,10,13-17H2,1H3,(H,25,29). The predicted molar refractivity (Wildman–Crippen MR) is 123 cm³/mol. The summed E-state index contributed by atoms with van der Waals surface area (Å²) in [6, 6.07) is 15.5. The Balaban J connectivity index is 1.35. The Morgan fingerprint density at radius 2 is 1.81 bits per heavy atom. The largest absolute Gasteiger partial charge is 0.428 e. The Morgan fingerprint density at radius 3 is 2.55 bits per heavy atom. The Morgan fingerprint density at radius 1 is 1.03 bits per heavy atom. The number of likely N-dealkylation sites (N-methyl/N-ethyl adjacent to an activating group) is 1. The van der Waals surface area contributed by atoms with Gasteiger partial charge >= 0.3 is 11.8 Å². The van der Waals surface area contributed by atoms with Crippen molar-refractivity contribution in [2.75, 3.05) is 44.2 Å². The van der Waals surface area contributed by atoms with E-state index in [-0.39, 0.29) is 0 Å². The van der Waals surface area contributed by atoms with E-state index in [9.17, 15) is 9.59 Å². The molecule has 1 aliphatic rings. The molecule has 2 aromatic carbocycles. The van der Waals surface area contributed by atoms with Gasteiger partial charge in [-0.05, 0) is 43.5 Å². The van der Waals surface area contributed by atoms with Crippen LogP contribution in [0.25, 0.3) is 11.1 Å². The maximum absolute atomic E-state index is 12.6. The average Bonchev–Trinajstić information content (AvgIpc) is 3.14. The number of rotatable bonds is 7. The molecule has 0 radical (unpaired) electrons. The number of nitrogens with zero attached hydrogens (tertiary/aromatic N) is 3. The molecule has 1 saturated heterocycles. The lowest BCUT2D eigenvalue weighted by molar-refractivity contribution is 0.241. The Bertz CT molecular complexity index is 1070. The van der Waals surface area contributed by atoms with Crippen LogP contribution in [0.5, 0.6) is 0 Å². The molecule has 7 heteroatoms. The van der Waals surface area contributed by atoms with Gasteiger partial charge < -0.3 is 19.5 Å². The highest BCUT2D eigenvalue weighted by atomic mass is 16.4. The van der Waals surface area contributed by atoms with Gasteiger partial charge in [0.15, 0.2) is 5.58 Å². The molecule has 0 saturated carbocycles. The molecule has 0 spiro atoms. The summed E-state index contributed by atoms with van der Waals surface area (Å²) in [6.45, 7) is 7.67. The van der Waals surface area contributed by atoms with Gasteiger partial charge in [-0.2, -0.15) is 4.57 Å². The molecule has 0 unspecified atom stereocenters. The molecule has 0 atom stereocenters. The molecule has 31 heavy (non-hydrogen) atoms. The quantitative estimate of drug-likeness (QED) is 0.592. The van der Waals surface area contributed by atoms with Crippen LogP contribution in [-0.2, 0) is 6.42 Å². The number of piperazine rings is 1. The number of aryl methyl sites for hydroxylation is 1. The Hall–Kier alpha value is -3.06. The molecule has 1 aromatic heterocycles. The summed E-state index contributed by atoms with van der Waals surface area (Å²) in [5.74, 6) is -0.648. The number of hydrogen-bond acceptors (Lipinski definition) is 5. The number of carbonyl (C=O) groups is 1. The minimum atomic E-state index is -0.648. The van der Waals surface area contributed by atoms with Crippen molar-refractivity contribution in [1.82, 2.24) is 14.8 Å². The van der Waals surface area contributed by atoms with Crippen molar-refractivity contribution in [3.05, 3.63) is 64.6 Å². The van der Waals surface area contributed by atoms with E-state index in [1.165, 1.54) is 5.56 Å². The maximum Gasteiger partial charge on any atom is 0.428 e. The first-order valence-electron chi connectivity index (χ1n) is 11.1. The Labute approximate surface area is 182 Å². The van der Waals surface area contributed by atoms with Crippen LogP contribution >= 0.6 is 0 Å². The van der Waals surface area contributed by atoms with Gasteiger partial charge in [0.05, 0.1) is 0 Å². The number of nitrogens with one attached hydrogen (secondary N) is 1. The predicted octanol–water partition coefficient (Wildman–Crippen LogP) is 3.32. The SMILES string of the molecule is CCN1CCN(c2ccc3c(c2)oc(=O)n3C(=O)NCCCCc2ccccc2)CC1. The number of fused-ring (bicyclic) bond motifs is 1. The molecule has 0 aliphatic carbocycles. The molecule has 1 N–H and O–H groups in total. The van der Waals surface area contributed by atoms with Crippen LogP contribution in [0.3, 0.4) is 0 Å². The van der Waals surface area contributed by atoms with Gasteiger partial charge in [0, 0.05) is 44.5 Å². The van der Waals surface area contributed by atoms with E-state index < -0.39 is 11.8 Å². The summed E-state index contributed by atoms with van der Waals surface area (Å²) in [6.07, 6.45) is 2.79. The third-order valence-electron chi connectivity index (χ3n) is 5.96. The molecule has 1 amide bonds. The van der Waals surface area contributed by atoms with Crippen molar-refractivity contribution in [2.45, 2.75) is 26.2 Å². The van der Waals surface area contributed by atoms with Crippen molar-refractivity contribution < 1.29 is 9.21 Å². The van der Waals surface area contributed by atoms with E-state index in [0.717, 1.165) is 62.2 Å². The van der Waals surface area contributed by atoms with Crippen molar-refractivity contribution in [3.63, 3.8) is 0 Å². The van der Waals surface area contributed by atoms with Crippen molar-refractivity contribution in [1.29, 1.82) is 0 Å². The van der Waals surface area contributed by atoms with Crippen LogP contribution in [0.4, 0.5) is 10.5 Å². The zero-order valence-electron chi connectivity index (χ0n) is 18.0. The molecule has 1 aliphatic heterocycles. The number of carbonyl (C=O) groups excluding carboxylic acids is 1. The second-order valence-electron chi connectivity index (χ2n) is 7.95. The minimum Gasteiger partial charge on any atom is -0.407 e. The highest BCUT2D eigenvalue weighted by molar-refractivity contribution is 5.89. The molecule has 7 nitrogen and oxygen atoms in total. The average molecular weight is 423 g/mol. The lowest BCUT2D eigenvalue weighted by atomic mass is 10.1. The molecule has 3 aromatic rings. The fourth-order valence-corrected chi connectivity index (χ4v) is 4.09. The third kappa shape index (κ3) is 4.99. The molecule has 1 fully saturated rings. The lowest BCUT2D eigenvalue weighted by Crippen LogP contribution is -2.46. The van der Waals surface area contributed by atoms with Gasteiger partial charge in [0.25, 0.3) is 0 Å². The first kappa shape index (κ1) is 21.2. The van der Waals surface area contributed by atoms with Gasteiger partial charge in [0.2, 0.25) is 0 Å². The zero-order valence-corrected chi connectivity index (χ0v) is 18.0. The van der Waals surface area contributed by atoms with Crippen LogP contribution in [0.1, 0.15) is 25.3 Å². The fourth-order valence-electron chi connectivity index (χ4n) is 4.09. The first-order valence-corrected chi connectivity index (χ1v) is 11.1. The van der Waals surface area contributed by atoms with Crippen LogP contribution in [0.2, 0.25) is 0 Å². The van der Waals surface area contributed by atoms with E-state index >= 15 is 0 Å². The van der Waals surface area contributed by atoms with Crippen molar-refractivity contribution >= 4 is 22.8 Å². The smallest absolute Gasteiger partial charge is 0.407 e. The second kappa shape index (κ2) is 9.83. The van der Waals surface area contributed by atoms with E-state index in [1.54, 1.807) is 6.07 Å². The van der Waals surface area contributed by atoms with Crippen LogP contribution in [0, 0.1) is 0 Å². The molecule has 0 bridgehead atoms. The highest BCUT2D eigenvalue weighted by Gasteiger charge is 2.19. The Kier molecular flexibility index (Phi) is 6.72. The highest BCUT2D eigenvalue weighted by Crippen LogP contribution is 2.23. The summed E-state index contributed by atoms with van der Waals surface area (Å²) >= 11 is 0. The lowest BCUT2D eigenvalue weighted by Gasteiger charge is -2.35. The number of benzene rings is 2. The van der Waals surface area contributed by atoms with Crippen molar-refractivity contribution in [2.24, 2.45) is 0 Å². The minimum absolute atomic E-state index is 0.437. The number of aromatic nitrogens is 1. The summed E-state index contributed by atoms with van der Waals surface area (Å²) in [5, 5.41) is 2.84. The fraction of sp³-hybridized carbons (Fsp3) is 0.417. The molecule has 2 heterocycles. The summed E-state index contributed by atoms with van der Waals surface area (Å²) < 4.78 is 6.48. The second-order valence-corrected chi connectivity index (χ2v) is 7.95. The van der Waals surface area contributed by atoms with E-state index in [4.69, 9.17) is 4.42 Å². The van der Waals surface area contributed by atoms with Gasteiger partial charge in [-0.15, -0.1) is 0 Å². The monoisotopic (exact) mass is 422 g/mol. The van der Waals surface area contributed by atoms with Gasteiger partial charge in [-0.1, -0.05) is 37.3 Å². The van der Waals surface area contributed by atoms with Gasteiger partial charge in [-0.3, -0.25) is 0 Å². The summed E-state index contributed by atoms with van der Waals surface area (Å²) in [4.78, 5) is 29.6. The number of hydrogen-bond donors (Lipinski definition) is 1. The number of amides is 1. The molecule has 164 valence electrons. The zero-order chi connectivity index (χ0) is 21.6. The van der Waals surface area contributed by atoms with E-state index in [2.05, 4.69) is 34.2 Å². The number of oxazole rings is 1. The molecular formula is C24H30N4O3. The number of unbranched alkanes of at least 4 members (excludes halogenated alkanes) is 1. The van der Waals surface area contributed by atoms with E-state index in [0.29, 0.717) is 17.6 Å². The third-order valence-corrected chi connectivity index (χ3v) is 5.96. The summed E-state index contributed by atoms with van der Waals surface area (Å²) in [7, 11) is 0.